The molecule has 23 heavy (non-hydrogen) atoms. The Kier molecular flexibility index (Phi) is 3.20. The summed E-state index contributed by atoms with van der Waals surface area (Å²) in [5.41, 5.74) is 3.36. The zero-order valence-corrected chi connectivity index (χ0v) is 13.2. The molecule has 0 bridgehead atoms. The molecular formula is C16H14ClN5O. The van der Waals surface area contributed by atoms with E-state index in [0.29, 0.717) is 17.3 Å². The first-order valence-corrected chi connectivity index (χ1v) is 7.64. The lowest BCUT2D eigenvalue weighted by atomic mass is 10.1. The van der Waals surface area contributed by atoms with Crippen LogP contribution in [-0.2, 0) is 6.42 Å². The van der Waals surface area contributed by atoms with Gasteiger partial charge in [0.25, 0.3) is 5.91 Å². The van der Waals surface area contributed by atoms with E-state index in [4.69, 9.17) is 11.6 Å². The molecule has 6 nitrogen and oxygen atoms in total. The Bertz CT molecular complexity index is 906. The molecule has 0 N–H and O–H groups in total. The summed E-state index contributed by atoms with van der Waals surface area (Å²) in [6.07, 6.45) is 6.04. The highest BCUT2D eigenvalue weighted by molar-refractivity contribution is 6.30. The molecule has 0 aliphatic carbocycles. The Morgan fingerprint density at radius 2 is 2.17 bits per heavy atom. The van der Waals surface area contributed by atoms with Crippen LogP contribution in [0.5, 0.6) is 0 Å². The first-order valence-electron chi connectivity index (χ1n) is 7.27. The third-order valence-corrected chi connectivity index (χ3v) is 4.29. The van der Waals surface area contributed by atoms with Crippen molar-refractivity contribution in [2.24, 2.45) is 0 Å². The number of carbonyl (C=O) groups excluding carboxylic acids is 1. The molecule has 0 fully saturated rings. The Morgan fingerprint density at radius 3 is 3.04 bits per heavy atom. The maximum atomic E-state index is 12.8. The van der Waals surface area contributed by atoms with Gasteiger partial charge < -0.3 is 0 Å². The van der Waals surface area contributed by atoms with Crippen molar-refractivity contribution in [3.8, 4) is 0 Å². The van der Waals surface area contributed by atoms with E-state index in [2.05, 4.69) is 10.1 Å². The number of fused-ring (bicyclic) bond motifs is 2. The van der Waals surface area contributed by atoms with Gasteiger partial charge in [-0.2, -0.15) is 5.10 Å². The predicted molar refractivity (Wildman–Crippen MR) is 87.6 cm³/mol. The van der Waals surface area contributed by atoms with E-state index >= 15 is 0 Å². The van der Waals surface area contributed by atoms with E-state index in [0.717, 1.165) is 17.6 Å². The molecule has 0 aromatic carbocycles. The molecule has 0 unspecified atom stereocenters. The molecule has 1 aliphatic rings. The van der Waals surface area contributed by atoms with Gasteiger partial charge in [0.2, 0.25) is 0 Å². The van der Waals surface area contributed by atoms with Crippen LogP contribution in [0.4, 0.5) is 5.69 Å². The second-order valence-corrected chi connectivity index (χ2v) is 5.89. The van der Waals surface area contributed by atoms with Crippen molar-refractivity contribution in [1.82, 2.24) is 19.6 Å². The number of pyridine rings is 2. The molecule has 3 aromatic rings. The Balaban J connectivity index is 1.68. The summed E-state index contributed by atoms with van der Waals surface area (Å²) >= 11 is 5.96. The highest BCUT2D eigenvalue weighted by Gasteiger charge is 2.27. The van der Waals surface area contributed by atoms with E-state index in [1.807, 2.05) is 24.2 Å². The van der Waals surface area contributed by atoms with Crippen LogP contribution >= 0.6 is 11.6 Å². The quantitative estimate of drug-likeness (QED) is 0.689. The van der Waals surface area contributed by atoms with Crippen LogP contribution in [0.1, 0.15) is 16.1 Å². The summed E-state index contributed by atoms with van der Waals surface area (Å²) in [5, 5.41) is 8.44. The third kappa shape index (κ3) is 2.31. The minimum atomic E-state index is -0.137. The van der Waals surface area contributed by atoms with E-state index in [-0.39, 0.29) is 5.91 Å². The molecule has 1 aliphatic heterocycles. The fourth-order valence-electron chi connectivity index (χ4n) is 2.86. The molecule has 0 atom stereocenters. The molecule has 0 saturated heterocycles. The van der Waals surface area contributed by atoms with Crippen LogP contribution in [0.2, 0.25) is 5.02 Å². The number of aromatic nitrogens is 3. The van der Waals surface area contributed by atoms with Crippen LogP contribution in [0.25, 0.3) is 5.52 Å². The summed E-state index contributed by atoms with van der Waals surface area (Å²) < 4.78 is 1.62. The minimum absolute atomic E-state index is 0.137. The topological polar surface area (TPSA) is 53.7 Å². The zero-order chi connectivity index (χ0) is 16.0. The SMILES string of the molecule is CN1c2cnccc2CCN1C(=O)c1cc2ccc(Cl)cn2n1. The molecule has 0 radical (unpaired) electrons. The third-order valence-electron chi connectivity index (χ3n) is 4.07. The molecule has 4 heterocycles. The van der Waals surface area contributed by atoms with Gasteiger partial charge in [-0.05, 0) is 36.2 Å². The van der Waals surface area contributed by atoms with Crippen LogP contribution in [0.15, 0.2) is 42.9 Å². The largest absolute Gasteiger partial charge is 0.292 e. The summed E-state index contributed by atoms with van der Waals surface area (Å²) in [6.45, 7) is 0.612. The lowest BCUT2D eigenvalue weighted by molar-refractivity contribution is 0.0732. The number of carbonyl (C=O) groups is 1. The van der Waals surface area contributed by atoms with Gasteiger partial charge in [-0.1, -0.05) is 11.6 Å². The zero-order valence-electron chi connectivity index (χ0n) is 12.5. The molecule has 7 heteroatoms. The minimum Gasteiger partial charge on any atom is -0.284 e. The molecule has 0 spiro atoms. The van der Waals surface area contributed by atoms with E-state index < -0.39 is 0 Å². The van der Waals surface area contributed by atoms with E-state index in [9.17, 15) is 4.79 Å². The first-order chi connectivity index (χ1) is 11.1. The van der Waals surface area contributed by atoms with Gasteiger partial charge in [0.05, 0.1) is 22.4 Å². The van der Waals surface area contributed by atoms with Crippen molar-refractivity contribution in [2.45, 2.75) is 6.42 Å². The van der Waals surface area contributed by atoms with Crippen LogP contribution < -0.4 is 5.01 Å². The molecule has 0 saturated carbocycles. The average molecular weight is 328 g/mol. The monoisotopic (exact) mass is 327 g/mol. The number of nitrogens with zero attached hydrogens (tertiary/aromatic N) is 5. The molecule has 3 aromatic heterocycles. The fraction of sp³-hybridized carbons (Fsp3) is 0.188. The summed E-state index contributed by atoms with van der Waals surface area (Å²) in [5.74, 6) is -0.137. The number of rotatable bonds is 1. The standard InChI is InChI=1S/C16H14ClN5O/c1-20-15-9-18-6-4-11(15)5-7-22(20)16(23)14-8-13-3-2-12(17)10-21(13)19-14/h2-4,6,8-10H,5,7H2,1H3. The molecular weight excluding hydrogens is 314 g/mol. The van der Waals surface area contributed by atoms with E-state index in [1.54, 1.807) is 40.2 Å². The normalized spacial score (nSPS) is 14.2. The van der Waals surface area contributed by atoms with Crippen molar-refractivity contribution in [1.29, 1.82) is 0 Å². The fourth-order valence-corrected chi connectivity index (χ4v) is 3.02. The van der Waals surface area contributed by atoms with E-state index in [1.165, 1.54) is 5.56 Å². The Morgan fingerprint density at radius 1 is 1.30 bits per heavy atom. The van der Waals surface area contributed by atoms with Crippen LogP contribution in [-0.4, -0.2) is 39.1 Å². The number of hydrogen-bond acceptors (Lipinski definition) is 4. The van der Waals surface area contributed by atoms with Crippen molar-refractivity contribution in [3.05, 3.63) is 59.1 Å². The van der Waals surface area contributed by atoms with Crippen molar-refractivity contribution >= 4 is 28.7 Å². The number of hydrogen-bond donors (Lipinski definition) is 0. The van der Waals surface area contributed by atoms with Gasteiger partial charge in [-0.25, -0.2) is 9.52 Å². The first kappa shape index (κ1) is 14.0. The highest BCUT2D eigenvalue weighted by atomic mass is 35.5. The molecule has 1 amide bonds. The summed E-state index contributed by atoms with van der Waals surface area (Å²) in [6, 6.07) is 7.37. The maximum absolute atomic E-state index is 12.8. The highest BCUT2D eigenvalue weighted by Crippen LogP contribution is 2.26. The summed E-state index contributed by atoms with van der Waals surface area (Å²) in [4.78, 5) is 17.0. The van der Waals surface area contributed by atoms with Crippen molar-refractivity contribution in [2.75, 3.05) is 18.6 Å². The van der Waals surface area contributed by atoms with Gasteiger partial charge in [-0.3, -0.25) is 14.8 Å². The van der Waals surface area contributed by atoms with Gasteiger partial charge in [0.15, 0.2) is 5.69 Å². The number of hydrazine groups is 1. The summed E-state index contributed by atoms with van der Waals surface area (Å²) in [7, 11) is 1.87. The van der Waals surface area contributed by atoms with Gasteiger partial charge in [0.1, 0.15) is 0 Å². The molecule has 116 valence electrons. The lowest BCUT2D eigenvalue weighted by Gasteiger charge is -2.37. The van der Waals surface area contributed by atoms with Crippen LogP contribution in [0.3, 0.4) is 0 Å². The average Bonchev–Trinajstić information content (AvgIpc) is 2.98. The van der Waals surface area contributed by atoms with Gasteiger partial charge >= 0.3 is 0 Å². The number of anilines is 1. The van der Waals surface area contributed by atoms with Crippen LogP contribution in [0, 0.1) is 0 Å². The second kappa shape index (κ2) is 5.24. The smallest absolute Gasteiger partial charge is 0.284 e. The number of halogens is 1. The van der Waals surface area contributed by atoms with Crippen molar-refractivity contribution in [3.63, 3.8) is 0 Å². The maximum Gasteiger partial charge on any atom is 0.292 e. The molecule has 4 rings (SSSR count). The Labute approximate surface area is 137 Å². The number of amides is 1. The second-order valence-electron chi connectivity index (χ2n) is 5.45. The van der Waals surface area contributed by atoms with Gasteiger partial charge in [0, 0.05) is 26.0 Å². The predicted octanol–water partition coefficient (Wildman–Crippen LogP) is 2.43. The Hall–Kier alpha value is -2.60. The van der Waals surface area contributed by atoms with Crippen molar-refractivity contribution < 1.29 is 4.79 Å². The lowest BCUT2D eigenvalue weighted by Crippen LogP contribution is -2.48. The van der Waals surface area contributed by atoms with Gasteiger partial charge in [-0.15, -0.1) is 0 Å².